The fraction of sp³-hybridized carbons (Fsp3) is 0.0270. The molecule has 226 valence electrons. The molecule has 0 bridgehead atoms. The van der Waals surface area contributed by atoms with E-state index < -0.39 is 46.0 Å². The summed E-state index contributed by atoms with van der Waals surface area (Å²) in [6, 6.07) is 23.2. The summed E-state index contributed by atoms with van der Waals surface area (Å²) in [6.07, 6.45) is 0. The van der Waals surface area contributed by atoms with Gasteiger partial charge in [0.05, 0.1) is 0 Å². The number of rotatable bonds is 2. The van der Waals surface area contributed by atoms with Crippen LogP contribution in [0.25, 0.3) is 76.5 Å². The van der Waals surface area contributed by atoms with Crippen molar-refractivity contribution in [1.29, 1.82) is 0 Å². The minimum Gasteiger partial charge on any atom is -0.504 e. The second-order valence-electron chi connectivity index (χ2n) is 11.3. The van der Waals surface area contributed by atoms with E-state index in [4.69, 9.17) is 4.42 Å². The maximum Gasteiger partial charge on any atom is 0.204 e. The first-order valence-electron chi connectivity index (χ1n) is 14.3. The number of aryl methyl sites for hydroxylation is 1. The van der Waals surface area contributed by atoms with Crippen LogP contribution in [0.2, 0.25) is 0 Å². The van der Waals surface area contributed by atoms with Crippen molar-refractivity contribution in [3.05, 3.63) is 84.4 Å². The number of hydrogen-bond donors (Lipinski definition) is 8. The van der Waals surface area contributed by atoms with Crippen molar-refractivity contribution in [2.24, 2.45) is 0 Å². The Morgan fingerprint density at radius 1 is 0.435 bits per heavy atom. The van der Waals surface area contributed by atoms with Gasteiger partial charge in [-0.1, -0.05) is 60.7 Å². The summed E-state index contributed by atoms with van der Waals surface area (Å²) in [6.45, 7) is 1.96. The highest BCUT2D eigenvalue weighted by molar-refractivity contribution is 6.29. The number of benzene rings is 7. The van der Waals surface area contributed by atoms with Gasteiger partial charge in [-0.2, -0.15) is 0 Å². The van der Waals surface area contributed by atoms with Gasteiger partial charge in [0.1, 0.15) is 11.2 Å². The van der Waals surface area contributed by atoms with Gasteiger partial charge in [0.25, 0.3) is 0 Å². The van der Waals surface area contributed by atoms with Gasteiger partial charge < -0.3 is 45.3 Å². The third-order valence-electron chi connectivity index (χ3n) is 8.88. The molecule has 8 rings (SSSR count). The Morgan fingerprint density at radius 2 is 0.935 bits per heavy atom. The summed E-state index contributed by atoms with van der Waals surface area (Å²) in [4.78, 5) is 0. The molecule has 1 heterocycles. The quantitative estimate of drug-likeness (QED) is 0.0542. The van der Waals surface area contributed by atoms with Gasteiger partial charge in [-0.25, -0.2) is 0 Å². The molecular weight excluding hydrogens is 588 g/mol. The highest BCUT2D eigenvalue weighted by Crippen LogP contribution is 2.61. The second kappa shape index (κ2) is 9.26. The molecule has 9 nitrogen and oxygen atoms in total. The van der Waals surface area contributed by atoms with Crippen molar-refractivity contribution in [3.63, 3.8) is 0 Å². The number of phenolic OH excluding ortho intramolecular Hbond substituents is 8. The Morgan fingerprint density at radius 3 is 1.50 bits per heavy atom. The molecule has 0 spiro atoms. The lowest BCUT2D eigenvalue weighted by molar-refractivity contribution is 0.350. The molecule has 8 N–H and O–H groups in total. The lowest BCUT2D eigenvalue weighted by Crippen LogP contribution is -1.94. The maximum absolute atomic E-state index is 11.4. The van der Waals surface area contributed by atoms with Crippen molar-refractivity contribution < 1.29 is 45.3 Å². The van der Waals surface area contributed by atoms with E-state index in [0.717, 1.165) is 21.7 Å². The fourth-order valence-electron chi connectivity index (χ4n) is 6.74. The molecular formula is C37H24O9. The van der Waals surface area contributed by atoms with Crippen LogP contribution in [-0.4, -0.2) is 40.9 Å². The van der Waals surface area contributed by atoms with E-state index in [2.05, 4.69) is 0 Å². The predicted molar refractivity (Wildman–Crippen MR) is 175 cm³/mol. The molecule has 46 heavy (non-hydrogen) atoms. The molecule has 9 heteroatoms. The van der Waals surface area contributed by atoms with Crippen LogP contribution in [0.3, 0.4) is 0 Å². The molecule has 0 atom stereocenters. The van der Waals surface area contributed by atoms with Crippen molar-refractivity contribution >= 4 is 54.3 Å². The van der Waals surface area contributed by atoms with E-state index in [1.807, 2.05) is 37.3 Å². The molecule has 0 fully saturated rings. The fourth-order valence-corrected chi connectivity index (χ4v) is 6.74. The normalized spacial score (nSPS) is 11.8. The van der Waals surface area contributed by atoms with Crippen molar-refractivity contribution in [2.75, 3.05) is 0 Å². The molecule has 8 aromatic rings. The van der Waals surface area contributed by atoms with E-state index in [1.165, 1.54) is 0 Å². The summed E-state index contributed by atoms with van der Waals surface area (Å²) in [5, 5.41) is 91.0. The maximum atomic E-state index is 11.4. The average molecular weight is 613 g/mol. The van der Waals surface area contributed by atoms with Crippen LogP contribution in [0, 0.1) is 6.92 Å². The lowest BCUT2D eigenvalue weighted by atomic mass is 9.83. The van der Waals surface area contributed by atoms with E-state index in [9.17, 15) is 40.9 Å². The number of hydrogen-bond acceptors (Lipinski definition) is 9. The minimum atomic E-state index is -1.02. The van der Waals surface area contributed by atoms with Crippen LogP contribution >= 0.6 is 0 Å². The molecule has 0 amide bonds. The van der Waals surface area contributed by atoms with Gasteiger partial charge >= 0.3 is 0 Å². The van der Waals surface area contributed by atoms with E-state index in [-0.39, 0.29) is 32.7 Å². The Kier molecular flexibility index (Phi) is 5.46. The zero-order valence-corrected chi connectivity index (χ0v) is 24.0. The standard InChI is InChI=1S/C37H24O9/c1-15-19-10-6-5-9-17(19)13-21-20-14-18(11-12-22(20)46-37(15)21)24-27-25(29(38)33(42)35(44)31(27)40)23(16-7-3-2-4-8-16)26-28(24)32(41)36(45)34(43)30(26)39/h2-14,38-45H,1H3. The van der Waals surface area contributed by atoms with E-state index in [0.29, 0.717) is 27.7 Å². The van der Waals surface area contributed by atoms with Crippen LogP contribution in [0.4, 0.5) is 0 Å². The smallest absolute Gasteiger partial charge is 0.204 e. The van der Waals surface area contributed by atoms with Crippen molar-refractivity contribution in [3.8, 4) is 68.2 Å². The first-order valence-corrected chi connectivity index (χ1v) is 14.3. The van der Waals surface area contributed by atoms with Gasteiger partial charge in [0, 0.05) is 49.0 Å². The molecule has 0 saturated carbocycles. The topological polar surface area (TPSA) is 175 Å². The monoisotopic (exact) mass is 612 g/mol. The Hall–Kier alpha value is -6.48. The first-order chi connectivity index (χ1) is 22.1. The Balaban J connectivity index is 1.63. The predicted octanol–water partition coefficient (Wildman–Crippen LogP) is 8.33. The number of aromatic hydroxyl groups is 8. The van der Waals surface area contributed by atoms with Gasteiger partial charge in [-0.15, -0.1) is 0 Å². The summed E-state index contributed by atoms with van der Waals surface area (Å²) >= 11 is 0. The van der Waals surface area contributed by atoms with E-state index in [1.54, 1.807) is 48.5 Å². The first kappa shape index (κ1) is 27.1. The average Bonchev–Trinajstić information content (AvgIpc) is 3.45. The largest absolute Gasteiger partial charge is 0.504 e. The minimum absolute atomic E-state index is 0.00233. The summed E-state index contributed by atoms with van der Waals surface area (Å²) < 4.78 is 6.26. The van der Waals surface area contributed by atoms with Gasteiger partial charge in [0.15, 0.2) is 23.0 Å². The molecule has 0 radical (unpaired) electrons. The number of fused-ring (bicyclic) bond motifs is 6. The van der Waals surface area contributed by atoms with Gasteiger partial charge in [-0.3, -0.25) is 0 Å². The van der Waals surface area contributed by atoms with Crippen LogP contribution in [-0.2, 0) is 0 Å². The Bertz CT molecular complexity index is 2540. The van der Waals surface area contributed by atoms with Crippen LogP contribution in [0.15, 0.2) is 83.3 Å². The number of furan rings is 1. The van der Waals surface area contributed by atoms with Gasteiger partial charge in [0.2, 0.25) is 23.0 Å². The molecule has 0 aliphatic carbocycles. The molecule has 7 aromatic carbocycles. The molecule has 0 aliphatic rings. The van der Waals surface area contributed by atoms with E-state index >= 15 is 0 Å². The van der Waals surface area contributed by atoms with Crippen molar-refractivity contribution in [1.82, 2.24) is 0 Å². The second-order valence-corrected chi connectivity index (χ2v) is 11.3. The zero-order chi connectivity index (χ0) is 32.2. The molecule has 0 saturated heterocycles. The molecule has 0 aliphatic heterocycles. The lowest BCUT2D eigenvalue weighted by Gasteiger charge is -2.22. The highest BCUT2D eigenvalue weighted by Gasteiger charge is 2.32. The highest BCUT2D eigenvalue weighted by atomic mass is 16.4. The SMILES string of the molecule is Cc1c2ccccc2cc2c1oc1ccc(-c3c4c(O)c(O)c(O)c(O)c4c(-c4ccccc4)c4c(O)c(O)c(O)c(O)c34)cc12. The summed E-state index contributed by atoms with van der Waals surface area (Å²) in [5.41, 5.74) is 2.76. The van der Waals surface area contributed by atoms with Crippen molar-refractivity contribution in [2.45, 2.75) is 6.92 Å². The third kappa shape index (κ3) is 3.39. The van der Waals surface area contributed by atoms with Crippen LogP contribution in [0.5, 0.6) is 46.0 Å². The summed E-state index contributed by atoms with van der Waals surface area (Å²) in [5.74, 6) is -7.38. The molecule has 1 aromatic heterocycles. The molecule has 0 unspecified atom stereocenters. The number of phenols is 8. The Labute approximate surface area is 258 Å². The van der Waals surface area contributed by atoms with Gasteiger partial charge in [-0.05, 0) is 47.0 Å². The third-order valence-corrected chi connectivity index (χ3v) is 8.88. The van der Waals surface area contributed by atoms with Crippen LogP contribution < -0.4 is 0 Å². The zero-order valence-electron chi connectivity index (χ0n) is 24.0. The van der Waals surface area contributed by atoms with Crippen LogP contribution in [0.1, 0.15) is 5.56 Å². The summed E-state index contributed by atoms with van der Waals surface area (Å²) in [7, 11) is 0.